The molecule has 2 fully saturated rings. The van der Waals surface area contributed by atoms with Crippen LogP contribution >= 0.6 is 0 Å². The van der Waals surface area contributed by atoms with Gasteiger partial charge >= 0.3 is 0 Å². The number of amides is 2. The molecule has 1 heterocycles. The minimum Gasteiger partial charge on any atom is -0.345 e. The Morgan fingerprint density at radius 1 is 1.26 bits per heavy atom. The molecule has 0 radical (unpaired) electrons. The van der Waals surface area contributed by atoms with Crippen molar-refractivity contribution in [3.63, 3.8) is 0 Å². The molecule has 0 bridgehead atoms. The summed E-state index contributed by atoms with van der Waals surface area (Å²) in [4.78, 5) is 26.5. The van der Waals surface area contributed by atoms with Crippen molar-refractivity contribution in [3.8, 4) is 0 Å². The Balaban J connectivity index is 2.18. The van der Waals surface area contributed by atoms with Gasteiger partial charge in [0.15, 0.2) is 0 Å². The Bertz CT molecular complexity index is 348. The van der Waals surface area contributed by atoms with Gasteiger partial charge in [-0.1, -0.05) is 39.5 Å². The molecule has 2 amide bonds. The molecule has 1 N–H and O–H groups in total. The summed E-state index contributed by atoms with van der Waals surface area (Å²) in [7, 11) is 0. The van der Waals surface area contributed by atoms with Crippen molar-refractivity contribution in [1.82, 2.24) is 10.2 Å². The summed E-state index contributed by atoms with van der Waals surface area (Å²) in [6.07, 6.45) is 7.21. The van der Waals surface area contributed by atoms with E-state index in [2.05, 4.69) is 19.2 Å². The highest BCUT2D eigenvalue weighted by Crippen LogP contribution is 2.36. The first-order chi connectivity index (χ1) is 9.10. The topological polar surface area (TPSA) is 49.4 Å². The van der Waals surface area contributed by atoms with Crippen LogP contribution < -0.4 is 5.32 Å². The molecule has 2 rings (SSSR count). The van der Waals surface area contributed by atoms with E-state index in [-0.39, 0.29) is 18.4 Å². The van der Waals surface area contributed by atoms with Gasteiger partial charge in [0.05, 0.1) is 6.54 Å². The van der Waals surface area contributed by atoms with Crippen LogP contribution in [-0.2, 0) is 9.59 Å². The average molecular weight is 266 g/mol. The molecule has 1 saturated heterocycles. The molecule has 1 aliphatic carbocycles. The zero-order valence-electron chi connectivity index (χ0n) is 12.2. The molecule has 0 aromatic heterocycles. The SMILES string of the molecule is CCCC(C)CN1C(=O)CNC(=O)C12CCCCC2. The van der Waals surface area contributed by atoms with Crippen LogP contribution in [0.1, 0.15) is 58.8 Å². The smallest absolute Gasteiger partial charge is 0.246 e. The van der Waals surface area contributed by atoms with Gasteiger partial charge in [-0.15, -0.1) is 0 Å². The maximum Gasteiger partial charge on any atom is 0.246 e. The van der Waals surface area contributed by atoms with Crippen molar-refractivity contribution in [2.45, 2.75) is 64.3 Å². The molecule has 1 spiro atoms. The second-order valence-electron chi connectivity index (χ2n) is 6.17. The highest BCUT2D eigenvalue weighted by Gasteiger charge is 2.49. The summed E-state index contributed by atoms with van der Waals surface area (Å²) in [5.74, 6) is 0.651. The molecule has 4 nitrogen and oxygen atoms in total. The van der Waals surface area contributed by atoms with Gasteiger partial charge in [0.1, 0.15) is 5.54 Å². The first kappa shape index (κ1) is 14.4. The molecule has 4 heteroatoms. The van der Waals surface area contributed by atoms with Gasteiger partial charge in [-0.3, -0.25) is 9.59 Å². The lowest BCUT2D eigenvalue weighted by Crippen LogP contribution is -2.68. The maximum absolute atomic E-state index is 12.4. The van der Waals surface area contributed by atoms with Crippen LogP contribution in [-0.4, -0.2) is 35.3 Å². The monoisotopic (exact) mass is 266 g/mol. The molecule has 0 aromatic rings. The number of hydrogen-bond acceptors (Lipinski definition) is 2. The highest BCUT2D eigenvalue weighted by molar-refractivity contribution is 5.98. The Hall–Kier alpha value is -1.06. The Kier molecular flexibility index (Phi) is 4.48. The van der Waals surface area contributed by atoms with E-state index in [9.17, 15) is 9.59 Å². The largest absolute Gasteiger partial charge is 0.345 e. The number of rotatable bonds is 4. The van der Waals surface area contributed by atoms with Crippen LogP contribution in [0.25, 0.3) is 0 Å². The summed E-state index contributed by atoms with van der Waals surface area (Å²) in [5.41, 5.74) is -0.532. The maximum atomic E-state index is 12.4. The van der Waals surface area contributed by atoms with E-state index in [0.29, 0.717) is 5.92 Å². The predicted octanol–water partition coefficient (Wildman–Crippen LogP) is 2.08. The van der Waals surface area contributed by atoms with Crippen LogP contribution in [0.15, 0.2) is 0 Å². The second kappa shape index (κ2) is 5.93. The van der Waals surface area contributed by atoms with Gasteiger partial charge in [0.2, 0.25) is 11.8 Å². The molecule has 1 saturated carbocycles. The molecule has 108 valence electrons. The first-order valence-electron chi connectivity index (χ1n) is 7.69. The number of carbonyl (C=O) groups excluding carboxylic acids is 2. The van der Waals surface area contributed by atoms with Crippen molar-refractivity contribution >= 4 is 11.8 Å². The van der Waals surface area contributed by atoms with Crippen molar-refractivity contribution in [3.05, 3.63) is 0 Å². The molecule has 19 heavy (non-hydrogen) atoms. The van der Waals surface area contributed by atoms with Gasteiger partial charge in [0, 0.05) is 6.54 Å². The molecule has 1 atom stereocenters. The predicted molar refractivity (Wildman–Crippen MR) is 74.6 cm³/mol. The first-order valence-corrected chi connectivity index (χ1v) is 7.69. The quantitative estimate of drug-likeness (QED) is 0.847. The number of piperazine rings is 1. The van der Waals surface area contributed by atoms with E-state index in [1.54, 1.807) is 0 Å². The Morgan fingerprint density at radius 3 is 2.58 bits per heavy atom. The fourth-order valence-corrected chi connectivity index (χ4v) is 3.58. The summed E-state index contributed by atoms with van der Waals surface area (Å²) in [6, 6.07) is 0. The lowest BCUT2D eigenvalue weighted by molar-refractivity contribution is -0.157. The normalized spacial score (nSPS) is 24.4. The molecule has 0 aromatic carbocycles. The van der Waals surface area contributed by atoms with Crippen molar-refractivity contribution < 1.29 is 9.59 Å². The van der Waals surface area contributed by atoms with Crippen LogP contribution in [0.2, 0.25) is 0 Å². The summed E-state index contributed by atoms with van der Waals surface area (Å²) in [6.45, 7) is 5.26. The average Bonchev–Trinajstić information content (AvgIpc) is 2.41. The van der Waals surface area contributed by atoms with Crippen LogP contribution in [0.3, 0.4) is 0 Å². The van der Waals surface area contributed by atoms with Gasteiger partial charge < -0.3 is 10.2 Å². The summed E-state index contributed by atoms with van der Waals surface area (Å²) >= 11 is 0. The van der Waals surface area contributed by atoms with E-state index in [0.717, 1.165) is 45.1 Å². The fourth-order valence-electron chi connectivity index (χ4n) is 3.58. The summed E-state index contributed by atoms with van der Waals surface area (Å²) in [5, 5.41) is 2.80. The number of hydrogen-bond donors (Lipinski definition) is 1. The van der Waals surface area contributed by atoms with E-state index >= 15 is 0 Å². The zero-order valence-corrected chi connectivity index (χ0v) is 12.2. The lowest BCUT2D eigenvalue weighted by atomic mass is 9.77. The van der Waals surface area contributed by atoms with Gasteiger partial charge in [0.25, 0.3) is 0 Å². The van der Waals surface area contributed by atoms with E-state index in [1.165, 1.54) is 6.42 Å². The highest BCUT2D eigenvalue weighted by atomic mass is 16.2. The minimum atomic E-state index is -0.532. The molecular weight excluding hydrogens is 240 g/mol. The van der Waals surface area contributed by atoms with Crippen LogP contribution in [0, 0.1) is 5.92 Å². The summed E-state index contributed by atoms with van der Waals surface area (Å²) < 4.78 is 0. The fraction of sp³-hybridized carbons (Fsp3) is 0.867. The molecule has 1 unspecified atom stereocenters. The minimum absolute atomic E-state index is 0.0792. The number of nitrogens with zero attached hydrogens (tertiary/aromatic N) is 1. The zero-order chi connectivity index (χ0) is 13.9. The second-order valence-corrected chi connectivity index (χ2v) is 6.17. The molecule has 1 aliphatic heterocycles. The number of carbonyl (C=O) groups is 2. The van der Waals surface area contributed by atoms with Gasteiger partial charge in [-0.25, -0.2) is 0 Å². The Labute approximate surface area is 115 Å². The molecule has 2 aliphatic rings. The van der Waals surface area contributed by atoms with E-state index < -0.39 is 5.54 Å². The van der Waals surface area contributed by atoms with Gasteiger partial charge in [-0.05, 0) is 25.2 Å². The molecular formula is C15H26N2O2. The van der Waals surface area contributed by atoms with Crippen LogP contribution in [0.4, 0.5) is 0 Å². The van der Waals surface area contributed by atoms with Crippen molar-refractivity contribution in [1.29, 1.82) is 0 Å². The Morgan fingerprint density at radius 2 is 1.95 bits per heavy atom. The third-order valence-corrected chi connectivity index (χ3v) is 4.60. The van der Waals surface area contributed by atoms with Crippen LogP contribution in [0.5, 0.6) is 0 Å². The van der Waals surface area contributed by atoms with Crippen molar-refractivity contribution in [2.75, 3.05) is 13.1 Å². The third-order valence-electron chi connectivity index (χ3n) is 4.60. The lowest BCUT2D eigenvalue weighted by Gasteiger charge is -2.48. The van der Waals surface area contributed by atoms with Crippen molar-refractivity contribution in [2.24, 2.45) is 5.92 Å². The van der Waals surface area contributed by atoms with Gasteiger partial charge in [-0.2, -0.15) is 0 Å². The van der Waals surface area contributed by atoms with E-state index in [1.807, 2.05) is 4.90 Å². The number of nitrogens with one attached hydrogen (secondary N) is 1. The third kappa shape index (κ3) is 2.77. The standard InChI is InChI=1S/C15H26N2O2/c1-3-7-12(2)11-17-13(18)10-16-14(19)15(17)8-5-4-6-9-15/h12H,3-11H2,1-2H3,(H,16,19). The van der Waals surface area contributed by atoms with E-state index in [4.69, 9.17) is 0 Å².